The van der Waals surface area contributed by atoms with Crippen molar-refractivity contribution in [1.29, 1.82) is 0 Å². The molecule has 15 heteroatoms. The number of anilines is 1. The minimum absolute atomic E-state index is 0.00886. The molecule has 0 bridgehead atoms. The molecular formula is C35H49N7O8. The van der Waals surface area contributed by atoms with E-state index in [1.807, 2.05) is 24.3 Å². The lowest BCUT2D eigenvalue weighted by Crippen LogP contribution is -2.47. The van der Waals surface area contributed by atoms with Crippen LogP contribution < -0.4 is 31.7 Å². The number of benzene rings is 2. The van der Waals surface area contributed by atoms with E-state index in [4.69, 9.17) is 15.2 Å². The molecule has 0 saturated carbocycles. The van der Waals surface area contributed by atoms with Crippen LogP contribution in [0.3, 0.4) is 0 Å². The van der Waals surface area contributed by atoms with Gasteiger partial charge in [-0.3, -0.25) is 24.6 Å². The van der Waals surface area contributed by atoms with Crippen LogP contribution in [0.5, 0.6) is 5.75 Å². The second kappa shape index (κ2) is 21.1. The number of carbonyl (C=O) groups excluding carboxylic acids is 4. The highest BCUT2D eigenvalue weighted by atomic mass is 16.7. The van der Waals surface area contributed by atoms with Gasteiger partial charge in [-0.1, -0.05) is 38.8 Å². The first-order valence-electron chi connectivity index (χ1n) is 17.0. The van der Waals surface area contributed by atoms with Crippen molar-refractivity contribution in [1.82, 2.24) is 20.9 Å². The number of nitrogens with zero attached hydrogens (tertiary/aromatic N) is 2. The number of amides is 4. The first-order chi connectivity index (χ1) is 24.0. The summed E-state index contributed by atoms with van der Waals surface area (Å²) in [5.41, 5.74) is 6.76. The molecule has 2 atom stereocenters. The molecule has 6 N–H and O–H groups in total. The Hall–Kier alpha value is -5.02. The summed E-state index contributed by atoms with van der Waals surface area (Å²) in [7, 11) is 0. The number of urea groups is 1. The number of imide groups is 1. The van der Waals surface area contributed by atoms with Crippen molar-refractivity contribution < 1.29 is 33.6 Å². The summed E-state index contributed by atoms with van der Waals surface area (Å²) < 4.78 is 10.2. The predicted molar refractivity (Wildman–Crippen MR) is 188 cm³/mol. The van der Waals surface area contributed by atoms with E-state index in [0.29, 0.717) is 25.6 Å². The summed E-state index contributed by atoms with van der Waals surface area (Å²) in [4.78, 5) is 58.1. The number of hydrogen-bond donors (Lipinski definition) is 5. The fourth-order valence-corrected chi connectivity index (χ4v) is 5.22. The maximum absolute atomic E-state index is 12.1. The fraction of sp³-hybridized carbons (Fsp3) is 0.486. The monoisotopic (exact) mass is 695 g/mol. The molecule has 0 radical (unpaired) electrons. The number of carbonyl (C=O) groups is 4. The maximum atomic E-state index is 12.1. The standard InChI is InChI=1S/C35H49N7O8/c1-25(2)31(37-19-5-3-4-6-21-41-32(43)17-18-33(41)44)23-40-28(8-7-20-38-34(36)45)22-39-27-11-9-26(10-12-27)24-49-35(46)50-30-15-13-29(14-16-30)42(47)48/h9-18,25,28,31,37,39-40H,3-8,19-24H2,1-2H3,(H3,36,38,45)/t28-,31+/m1/s1. The van der Waals surface area contributed by atoms with Crippen LogP contribution in [-0.4, -0.2) is 78.6 Å². The lowest BCUT2D eigenvalue weighted by Gasteiger charge is -2.27. The van der Waals surface area contributed by atoms with Crippen LogP contribution in [0.1, 0.15) is 57.9 Å². The number of primary amides is 1. The number of nitro groups is 1. The molecule has 1 aliphatic rings. The quantitative estimate of drug-likeness (QED) is 0.0278. The average molecular weight is 696 g/mol. The topological polar surface area (TPSA) is 207 Å². The normalized spacial score (nSPS) is 13.7. The van der Waals surface area contributed by atoms with Crippen molar-refractivity contribution in [3.8, 4) is 5.75 Å². The second-order valence-corrected chi connectivity index (χ2v) is 12.4. The van der Waals surface area contributed by atoms with E-state index in [2.05, 4.69) is 35.1 Å². The zero-order chi connectivity index (χ0) is 36.3. The molecule has 0 aliphatic carbocycles. The number of nitrogens with two attached hydrogens (primary N) is 1. The summed E-state index contributed by atoms with van der Waals surface area (Å²) in [6, 6.07) is 12.4. The molecule has 1 aliphatic heterocycles. The van der Waals surface area contributed by atoms with Crippen molar-refractivity contribution in [2.75, 3.05) is 38.0 Å². The van der Waals surface area contributed by atoms with Crippen LogP contribution in [-0.2, 0) is 20.9 Å². The Morgan fingerprint density at radius 1 is 0.880 bits per heavy atom. The number of nitro benzene ring substituents is 1. The number of unbranched alkanes of at least 4 members (excludes halogenated alkanes) is 3. The van der Waals surface area contributed by atoms with Crippen LogP contribution in [0, 0.1) is 16.0 Å². The van der Waals surface area contributed by atoms with E-state index < -0.39 is 17.1 Å². The number of ether oxygens (including phenoxy) is 2. The van der Waals surface area contributed by atoms with Gasteiger partial charge in [0.25, 0.3) is 17.5 Å². The Morgan fingerprint density at radius 2 is 1.56 bits per heavy atom. The zero-order valence-corrected chi connectivity index (χ0v) is 28.7. The SMILES string of the molecule is CC(C)[C@H](CN[C@H](CCCNC(N)=O)CNc1ccc(COC(=O)Oc2ccc([N+](=O)[O-])cc2)cc1)NCCCCCCN1C(=O)C=CC1=O. The van der Waals surface area contributed by atoms with Gasteiger partial charge in [-0.05, 0) is 68.0 Å². The van der Waals surface area contributed by atoms with Gasteiger partial charge in [0.05, 0.1) is 4.92 Å². The van der Waals surface area contributed by atoms with Gasteiger partial charge in [-0.25, -0.2) is 9.59 Å². The Kier molecular flexibility index (Phi) is 16.7. The summed E-state index contributed by atoms with van der Waals surface area (Å²) >= 11 is 0. The second-order valence-electron chi connectivity index (χ2n) is 12.4. The molecule has 1 heterocycles. The zero-order valence-electron chi connectivity index (χ0n) is 28.7. The Bertz CT molecular complexity index is 1420. The van der Waals surface area contributed by atoms with Gasteiger partial charge in [-0.15, -0.1) is 0 Å². The molecule has 2 aromatic carbocycles. The Balaban J connectivity index is 1.40. The lowest BCUT2D eigenvalue weighted by atomic mass is 10.0. The van der Waals surface area contributed by atoms with Crippen LogP contribution in [0.25, 0.3) is 0 Å². The van der Waals surface area contributed by atoms with Gasteiger partial charge in [-0.2, -0.15) is 0 Å². The first-order valence-corrected chi connectivity index (χ1v) is 17.0. The van der Waals surface area contributed by atoms with Gasteiger partial charge < -0.3 is 36.5 Å². The van der Waals surface area contributed by atoms with E-state index in [-0.39, 0.29) is 41.9 Å². The van der Waals surface area contributed by atoms with E-state index in [9.17, 15) is 29.3 Å². The highest BCUT2D eigenvalue weighted by molar-refractivity contribution is 6.12. The minimum Gasteiger partial charge on any atom is -0.429 e. The van der Waals surface area contributed by atoms with Crippen LogP contribution in [0.15, 0.2) is 60.7 Å². The van der Waals surface area contributed by atoms with Gasteiger partial charge >= 0.3 is 12.2 Å². The van der Waals surface area contributed by atoms with E-state index in [0.717, 1.165) is 62.9 Å². The fourth-order valence-electron chi connectivity index (χ4n) is 5.22. The maximum Gasteiger partial charge on any atom is 0.514 e. The summed E-state index contributed by atoms with van der Waals surface area (Å²) in [5, 5.41) is 24.2. The Labute approximate surface area is 292 Å². The molecule has 0 saturated heterocycles. The molecule has 50 heavy (non-hydrogen) atoms. The smallest absolute Gasteiger partial charge is 0.429 e. The molecule has 0 aromatic heterocycles. The third kappa shape index (κ3) is 14.6. The number of nitrogens with one attached hydrogen (secondary N) is 4. The third-order valence-corrected chi connectivity index (χ3v) is 8.19. The van der Waals surface area contributed by atoms with Gasteiger partial charge in [0, 0.05) is 68.2 Å². The van der Waals surface area contributed by atoms with Crippen molar-refractivity contribution in [3.63, 3.8) is 0 Å². The minimum atomic E-state index is -0.918. The molecule has 15 nitrogen and oxygen atoms in total. The van der Waals surface area contributed by atoms with Crippen LogP contribution >= 0.6 is 0 Å². The van der Waals surface area contributed by atoms with Crippen molar-refractivity contribution in [3.05, 3.63) is 76.4 Å². The number of non-ortho nitro benzene ring substituents is 1. The molecule has 0 fully saturated rings. The van der Waals surface area contributed by atoms with Crippen molar-refractivity contribution >= 4 is 35.4 Å². The summed E-state index contributed by atoms with van der Waals surface area (Å²) in [6.45, 7) is 7.56. The molecule has 3 rings (SSSR count). The van der Waals surface area contributed by atoms with Gasteiger partial charge in [0.2, 0.25) is 0 Å². The third-order valence-electron chi connectivity index (χ3n) is 8.19. The summed E-state index contributed by atoms with van der Waals surface area (Å²) in [5.74, 6) is 0.0770. The van der Waals surface area contributed by atoms with E-state index >= 15 is 0 Å². The number of hydrogen-bond acceptors (Lipinski definition) is 11. The van der Waals surface area contributed by atoms with Crippen LogP contribution in [0.2, 0.25) is 0 Å². The van der Waals surface area contributed by atoms with E-state index in [1.54, 1.807) is 0 Å². The molecule has 2 aromatic rings. The lowest BCUT2D eigenvalue weighted by molar-refractivity contribution is -0.384. The average Bonchev–Trinajstić information content (AvgIpc) is 3.41. The van der Waals surface area contributed by atoms with Crippen molar-refractivity contribution in [2.24, 2.45) is 11.7 Å². The highest BCUT2D eigenvalue weighted by Crippen LogP contribution is 2.18. The Morgan fingerprint density at radius 3 is 2.20 bits per heavy atom. The molecular weight excluding hydrogens is 646 g/mol. The first kappa shape index (κ1) is 39.4. The predicted octanol–water partition coefficient (Wildman–Crippen LogP) is 4.23. The summed E-state index contributed by atoms with van der Waals surface area (Å²) in [6.07, 6.45) is 7.01. The van der Waals surface area contributed by atoms with Gasteiger partial charge in [0.15, 0.2) is 0 Å². The molecule has 4 amide bonds. The number of rotatable bonds is 23. The van der Waals surface area contributed by atoms with E-state index in [1.165, 1.54) is 41.3 Å². The molecule has 272 valence electrons. The largest absolute Gasteiger partial charge is 0.514 e. The van der Waals surface area contributed by atoms with Crippen molar-refractivity contribution in [2.45, 2.75) is 71.1 Å². The highest BCUT2D eigenvalue weighted by Gasteiger charge is 2.22. The molecule has 0 unspecified atom stereocenters. The van der Waals surface area contributed by atoms with Gasteiger partial charge in [0.1, 0.15) is 12.4 Å². The van der Waals surface area contributed by atoms with Crippen LogP contribution in [0.4, 0.5) is 21.0 Å². The molecule has 0 spiro atoms.